The third-order valence-corrected chi connectivity index (χ3v) is 6.26. The Morgan fingerprint density at radius 2 is 2.06 bits per heavy atom. The number of nitrogens with one attached hydrogen (secondary N) is 1. The van der Waals surface area contributed by atoms with Crippen LogP contribution in [0, 0.1) is 0 Å². The molecule has 1 amide bonds. The minimum absolute atomic E-state index is 0.0275. The molecule has 1 N–H and O–H groups in total. The molecule has 0 spiro atoms. The van der Waals surface area contributed by atoms with Crippen LogP contribution < -0.4 is 14.8 Å². The quantitative estimate of drug-likeness (QED) is 0.461. The standard InChI is InChI=1S/C24H23F3N2O4S/c1-31-21-11-15(23-29-19(14-34-23)22(30)28-12-17-6-4-10-32-17)8-9-20(21)33-13-16-5-2-3-7-18(16)24(25,26)27/h2-3,5,7-9,11,14,17H,4,6,10,12-13H2,1H3,(H,28,30). The van der Waals surface area contributed by atoms with Crippen molar-refractivity contribution in [1.29, 1.82) is 0 Å². The van der Waals surface area contributed by atoms with Gasteiger partial charge in [-0.05, 0) is 37.1 Å². The number of rotatable bonds is 8. The number of ether oxygens (including phenoxy) is 3. The zero-order valence-corrected chi connectivity index (χ0v) is 19.2. The van der Waals surface area contributed by atoms with E-state index in [4.69, 9.17) is 14.2 Å². The van der Waals surface area contributed by atoms with Gasteiger partial charge in [-0.2, -0.15) is 13.2 Å². The van der Waals surface area contributed by atoms with Gasteiger partial charge in [-0.1, -0.05) is 18.2 Å². The number of nitrogens with zero attached hydrogens (tertiary/aromatic N) is 1. The van der Waals surface area contributed by atoms with E-state index in [1.54, 1.807) is 23.6 Å². The fraction of sp³-hybridized carbons (Fsp3) is 0.333. The van der Waals surface area contributed by atoms with Crippen molar-refractivity contribution in [2.45, 2.75) is 31.7 Å². The van der Waals surface area contributed by atoms with Crippen molar-refractivity contribution in [3.8, 4) is 22.1 Å². The summed E-state index contributed by atoms with van der Waals surface area (Å²) >= 11 is 1.30. The van der Waals surface area contributed by atoms with E-state index < -0.39 is 11.7 Å². The van der Waals surface area contributed by atoms with E-state index >= 15 is 0 Å². The predicted octanol–water partition coefficient (Wildman–Crippen LogP) is 5.33. The van der Waals surface area contributed by atoms with E-state index in [1.807, 2.05) is 0 Å². The number of carbonyl (C=O) groups is 1. The van der Waals surface area contributed by atoms with Gasteiger partial charge in [-0.15, -0.1) is 11.3 Å². The molecule has 0 saturated carbocycles. The van der Waals surface area contributed by atoms with Crippen LogP contribution in [0.2, 0.25) is 0 Å². The summed E-state index contributed by atoms with van der Waals surface area (Å²) in [6.45, 7) is 0.901. The maximum absolute atomic E-state index is 13.2. The van der Waals surface area contributed by atoms with Gasteiger partial charge in [-0.25, -0.2) is 4.98 Å². The molecule has 3 aromatic rings. The molecule has 1 aliphatic rings. The number of amides is 1. The van der Waals surface area contributed by atoms with Crippen LogP contribution in [0.4, 0.5) is 13.2 Å². The van der Waals surface area contributed by atoms with Gasteiger partial charge in [0, 0.05) is 29.7 Å². The van der Waals surface area contributed by atoms with Crippen LogP contribution >= 0.6 is 11.3 Å². The van der Waals surface area contributed by atoms with Crippen LogP contribution in [-0.4, -0.2) is 37.3 Å². The van der Waals surface area contributed by atoms with Crippen molar-refractivity contribution in [3.63, 3.8) is 0 Å². The number of halogens is 3. The molecule has 2 heterocycles. The highest BCUT2D eigenvalue weighted by Crippen LogP contribution is 2.36. The lowest BCUT2D eigenvalue weighted by molar-refractivity contribution is -0.138. The number of hydrogen-bond acceptors (Lipinski definition) is 6. The molecule has 1 saturated heterocycles. The van der Waals surface area contributed by atoms with Crippen LogP contribution in [0.5, 0.6) is 11.5 Å². The summed E-state index contributed by atoms with van der Waals surface area (Å²) in [5.74, 6) is 0.379. The average Bonchev–Trinajstić information content (AvgIpc) is 3.53. The van der Waals surface area contributed by atoms with Gasteiger partial charge in [0.2, 0.25) is 0 Å². The van der Waals surface area contributed by atoms with E-state index in [0.29, 0.717) is 34.3 Å². The highest BCUT2D eigenvalue weighted by Gasteiger charge is 2.33. The molecule has 10 heteroatoms. The molecule has 0 bridgehead atoms. The molecule has 6 nitrogen and oxygen atoms in total. The van der Waals surface area contributed by atoms with Crippen molar-refractivity contribution < 1.29 is 32.2 Å². The molecule has 180 valence electrons. The molecular weight excluding hydrogens is 469 g/mol. The van der Waals surface area contributed by atoms with E-state index in [1.165, 1.54) is 36.6 Å². The van der Waals surface area contributed by atoms with E-state index in [2.05, 4.69) is 10.3 Å². The Hall–Kier alpha value is -3.11. The van der Waals surface area contributed by atoms with Crippen molar-refractivity contribution in [1.82, 2.24) is 10.3 Å². The first kappa shape index (κ1) is 24.0. The molecule has 1 aliphatic heterocycles. The molecule has 1 aromatic heterocycles. The van der Waals surface area contributed by atoms with Crippen LogP contribution in [0.1, 0.15) is 34.5 Å². The van der Waals surface area contributed by atoms with Crippen LogP contribution in [0.3, 0.4) is 0 Å². The van der Waals surface area contributed by atoms with Gasteiger partial charge in [0.05, 0.1) is 18.8 Å². The average molecular weight is 493 g/mol. The molecule has 1 unspecified atom stereocenters. The van der Waals surface area contributed by atoms with Crippen LogP contribution in [-0.2, 0) is 17.5 Å². The fourth-order valence-corrected chi connectivity index (χ4v) is 4.41. The second-order valence-corrected chi connectivity index (χ2v) is 8.55. The minimum Gasteiger partial charge on any atom is -0.493 e. The Morgan fingerprint density at radius 1 is 1.24 bits per heavy atom. The molecule has 4 rings (SSSR count). The Kier molecular flexibility index (Phi) is 7.38. The Balaban J connectivity index is 1.44. The lowest BCUT2D eigenvalue weighted by Gasteiger charge is -2.15. The summed E-state index contributed by atoms with van der Waals surface area (Å²) in [4.78, 5) is 16.8. The Labute approximate surface area is 198 Å². The molecular formula is C24H23F3N2O4S. The van der Waals surface area contributed by atoms with E-state index in [0.717, 1.165) is 25.5 Å². The van der Waals surface area contributed by atoms with Gasteiger partial charge in [0.1, 0.15) is 17.3 Å². The van der Waals surface area contributed by atoms with Crippen LogP contribution in [0.15, 0.2) is 47.8 Å². The third kappa shape index (κ3) is 5.68. The van der Waals surface area contributed by atoms with E-state index in [-0.39, 0.29) is 24.2 Å². The highest BCUT2D eigenvalue weighted by atomic mass is 32.1. The molecule has 2 aromatic carbocycles. The molecule has 0 aliphatic carbocycles. The summed E-state index contributed by atoms with van der Waals surface area (Å²) in [5, 5.41) is 5.12. The first-order valence-electron chi connectivity index (χ1n) is 10.7. The normalized spacial score (nSPS) is 15.8. The summed E-state index contributed by atoms with van der Waals surface area (Å²) < 4.78 is 56.2. The Morgan fingerprint density at radius 3 is 2.79 bits per heavy atom. The van der Waals surface area contributed by atoms with Gasteiger partial charge < -0.3 is 19.5 Å². The molecule has 1 fully saturated rings. The fourth-order valence-electron chi connectivity index (χ4n) is 3.61. The van der Waals surface area contributed by atoms with Crippen molar-refractivity contribution in [3.05, 3.63) is 64.7 Å². The van der Waals surface area contributed by atoms with Crippen LogP contribution in [0.25, 0.3) is 10.6 Å². The lowest BCUT2D eigenvalue weighted by Crippen LogP contribution is -2.31. The first-order chi connectivity index (χ1) is 16.3. The smallest absolute Gasteiger partial charge is 0.416 e. The number of carbonyl (C=O) groups excluding carboxylic acids is 1. The molecule has 34 heavy (non-hydrogen) atoms. The predicted molar refractivity (Wildman–Crippen MR) is 121 cm³/mol. The topological polar surface area (TPSA) is 69.7 Å². The second-order valence-electron chi connectivity index (χ2n) is 7.69. The zero-order chi connectivity index (χ0) is 24.1. The van der Waals surface area contributed by atoms with Gasteiger partial charge in [-0.3, -0.25) is 4.79 Å². The zero-order valence-electron chi connectivity index (χ0n) is 18.4. The van der Waals surface area contributed by atoms with Gasteiger partial charge >= 0.3 is 6.18 Å². The largest absolute Gasteiger partial charge is 0.493 e. The number of methoxy groups -OCH3 is 1. The lowest BCUT2D eigenvalue weighted by atomic mass is 10.1. The van der Waals surface area contributed by atoms with Gasteiger partial charge in [0.25, 0.3) is 5.91 Å². The number of benzene rings is 2. The highest BCUT2D eigenvalue weighted by molar-refractivity contribution is 7.13. The number of hydrogen-bond donors (Lipinski definition) is 1. The number of thiazole rings is 1. The summed E-state index contributed by atoms with van der Waals surface area (Å²) in [6, 6.07) is 10.3. The monoisotopic (exact) mass is 492 g/mol. The number of aromatic nitrogens is 1. The number of alkyl halides is 3. The Bertz CT molecular complexity index is 1140. The SMILES string of the molecule is COc1cc(-c2nc(C(=O)NCC3CCCO3)cs2)ccc1OCc1ccccc1C(F)(F)F. The summed E-state index contributed by atoms with van der Waals surface area (Å²) in [6.07, 6.45) is -2.49. The van der Waals surface area contributed by atoms with Crippen molar-refractivity contribution >= 4 is 17.2 Å². The van der Waals surface area contributed by atoms with Crippen molar-refractivity contribution in [2.24, 2.45) is 0 Å². The first-order valence-corrected chi connectivity index (χ1v) is 11.5. The van der Waals surface area contributed by atoms with Crippen molar-refractivity contribution in [2.75, 3.05) is 20.3 Å². The third-order valence-electron chi connectivity index (χ3n) is 5.37. The summed E-state index contributed by atoms with van der Waals surface area (Å²) in [5.41, 5.74) is 0.294. The van der Waals surface area contributed by atoms with E-state index in [9.17, 15) is 18.0 Å². The molecule has 1 atom stereocenters. The molecule has 0 radical (unpaired) electrons. The maximum Gasteiger partial charge on any atom is 0.416 e. The second kappa shape index (κ2) is 10.4. The maximum atomic E-state index is 13.2. The summed E-state index contributed by atoms with van der Waals surface area (Å²) in [7, 11) is 1.45. The van der Waals surface area contributed by atoms with Gasteiger partial charge in [0.15, 0.2) is 11.5 Å². The minimum atomic E-state index is -4.47.